The molecule has 0 spiro atoms. The molecule has 0 aromatic carbocycles. The normalized spacial score (nSPS) is 23.3. The van der Waals surface area contributed by atoms with Gasteiger partial charge in [-0.15, -0.1) is 11.3 Å². The van der Waals surface area contributed by atoms with Crippen molar-refractivity contribution in [1.82, 2.24) is 20.2 Å². The number of nitrogens with zero attached hydrogens (tertiary/aromatic N) is 4. The monoisotopic (exact) mass is 429 g/mol. The zero-order valence-electron chi connectivity index (χ0n) is 18.5. The molecule has 0 unspecified atom stereocenters. The van der Waals surface area contributed by atoms with Crippen LogP contribution in [0.1, 0.15) is 55.8 Å². The summed E-state index contributed by atoms with van der Waals surface area (Å²) in [4.78, 5) is 18.1. The van der Waals surface area contributed by atoms with Crippen molar-refractivity contribution >= 4 is 27.4 Å². The van der Waals surface area contributed by atoms with Crippen LogP contribution >= 0.6 is 11.3 Å². The van der Waals surface area contributed by atoms with Crippen molar-refractivity contribution < 1.29 is 4.74 Å². The maximum atomic E-state index is 5.53. The van der Waals surface area contributed by atoms with E-state index in [0.717, 1.165) is 51.8 Å². The van der Waals surface area contributed by atoms with Gasteiger partial charge in [0.1, 0.15) is 16.5 Å². The Morgan fingerprint density at radius 3 is 2.77 bits per heavy atom. The van der Waals surface area contributed by atoms with Crippen molar-refractivity contribution in [3.8, 4) is 0 Å². The first-order chi connectivity index (χ1) is 14.7. The van der Waals surface area contributed by atoms with Gasteiger partial charge in [0.2, 0.25) is 0 Å². The Kier molecular flexibility index (Phi) is 6.23. The third-order valence-electron chi connectivity index (χ3n) is 6.60. The van der Waals surface area contributed by atoms with Crippen LogP contribution in [-0.2, 0) is 24.1 Å². The summed E-state index contributed by atoms with van der Waals surface area (Å²) < 4.78 is 5.53. The molecule has 2 saturated heterocycles. The van der Waals surface area contributed by atoms with Gasteiger partial charge >= 0.3 is 0 Å². The third kappa shape index (κ3) is 4.35. The number of rotatable bonds is 5. The molecule has 1 aliphatic carbocycles. The lowest BCUT2D eigenvalue weighted by atomic mass is 9.96. The molecule has 164 valence electrons. The molecule has 2 aromatic heterocycles. The fourth-order valence-corrected chi connectivity index (χ4v) is 6.49. The van der Waals surface area contributed by atoms with E-state index < -0.39 is 0 Å². The summed E-state index contributed by atoms with van der Waals surface area (Å²) in [7, 11) is 0. The molecule has 2 aromatic rings. The van der Waals surface area contributed by atoms with Gasteiger partial charge in [-0.2, -0.15) is 0 Å². The second-order valence-corrected chi connectivity index (χ2v) is 10.4. The molecule has 0 bridgehead atoms. The van der Waals surface area contributed by atoms with E-state index in [9.17, 15) is 0 Å². The smallest absolute Gasteiger partial charge is 0.146 e. The molecule has 1 N–H and O–H groups in total. The minimum atomic E-state index is 0.520. The fourth-order valence-electron chi connectivity index (χ4n) is 5.22. The van der Waals surface area contributed by atoms with Crippen LogP contribution in [0.5, 0.6) is 0 Å². The Morgan fingerprint density at radius 2 is 1.93 bits per heavy atom. The molecule has 5 rings (SSSR count). The lowest BCUT2D eigenvalue weighted by molar-refractivity contribution is 0.0331. The van der Waals surface area contributed by atoms with Crippen LogP contribution in [0.15, 0.2) is 0 Å². The van der Waals surface area contributed by atoms with Crippen molar-refractivity contribution in [2.24, 2.45) is 0 Å². The van der Waals surface area contributed by atoms with Gasteiger partial charge in [-0.05, 0) is 44.1 Å². The van der Waals surface area contributed by atoms with Crippen molar-refractivity contribution in [2.75, 3.05) is 44.3 Å². The minimum Gasteiger partial charge on any atom is -0.379 e. The predicted molar refractivity (Wildman–Crippen MR) is 124 cm³/mol. The average molecular weight is 430 g/mol. The number of morpholine rings is 1. The second-order valence-electron chi connectivity index (χ2n) is 9.35. The first-order valence-corrected chi connectivity index (χ1v) is 12.6. The third-order valence-corrected chi connectivity index (χ3v) is 7.79. The van der Waals surface area contributed by atoms with E-state index in [0.29, 0.717) is 12.1 Å². The molecule has 1 atom stereocenters. The zero-order chi connectivity index (χ0) is 20.5. The van der Waals surface area contributed by atoms with Gasteiger partial charge in [-0.25, -0.2) is 9.97 Å². The summed E-state index contributed by atoms with van der Waals surface area (Å²) >= 11 is 1.93. The largest absolute Gasteiger partial charge is 0.379 e. The van der Waals surface area contributed by atoms with Crippen LogP contribution in [-0.4, -0.2) is 66.3 Å². The second kappa shape index (κ2) is 9.07. The van der Waals surface area contributed by atoms with E-state index in [1.54, 1.807) is 10.4 Å². The highest BCUT2D eigenvalue weighted by Crippen LogP contribution is 2.40. The number of aromatic nitrogens is 2. The minimum absolute atomic E-state index is 0.520. The lowest BCUT2D eigenvalue weighted by Gasteiger charge is -2.36. The highest BCUT2D eigenvalue weighted by Gasteiger charge is 2.28. The van der Waals surface area contributed by atoms with E-state index in [-0.39, 0.29) is 0 Å². The summed E-state index contributed by atoms with van der Waals surface area (Å²) in [6.45, 7) is 11.1. The van der Waals surface area contributed by atoms with Crippen LogP contribution in [0.3, 0.4) is 0 Å². The molecule has 7 heteroatoms. The maximum absolute atomic E-state index is 5.53. The van der Waals surface area contributed by atoms with Gasteiger partial charge in [0.15, 0.2) is 0 Å². The van der Waals surface area contributed by atoms with Crippen LogP contribution in [0.4, 0.5) is 5.82 Å². The lowest BCUT2D eigenvalue weighted by Crippen LogP contribution is -2.48. The molecule has 30 heavy (non-hydrogen) atoms. The SMILES string of the molecule is CC(C)N[C@H]1CCCN(c2nc(CN3CCOCC3)nc3sc4c(c23)CCCC4)C1. The first kappa shape index (κ1) is 20.6. The molecule has 0 radical (unpaired) electrons. The van der Waals surface area contributed by atoms with Crippen molar-refractivity contribution in [2.45, 2.75) is 71.0 Å². The van der Waals surface area contributed by atoms with Crippen molar-refractivity contribution in [3.05, 3.63) is 16.3 Å². The van der Waals surface area contributed by atoms with Gasteiger partial charge in [0.25, 0.3) is 0 Å². The molecule has 2 aliphatic heterocycles. The predicted octanol–water partition coefficient (Wildman–Crippen LogP) is 3.37. The Balaban J connectivity index is 1.51. The fraction of sp³-hybridized carbons (Fsp3) is 0.739. The molecule has 0 amide bonds. The number of fused-ring (bicyclic) bond motifs is 3. The number of thiophene rings is 1. The van der Waals surface area contributed by atoms with Gasteiger partial charge in [0, 0.05) is 43.1 Å². The Bertz CT molecular complexity index is 876. The van der Waals surface area contributed by atoms with Crippen LogP contribution < -0.4 is 10.2 Å². The Hall–Kier alpha value is -1.28. The number of anilines is 1. The maximum Gasteiger partial charge on any atom is 0.146 e. The zero-order valence-corrected chi connectivity index (χ0v) is 19.3. The molecular formula is C23H35N5OS. The molecule has 4 heterocycles. The van der Waals surface area contributed by atoms with E-state index in [2.05, 4.69) is 29.0 Å². The average Bonchev–Trinajstić information content (AvgIpc) is 3.12. The van der Waals surface area contributed by atoms with Crippen molar-refractivity contribution in [1.29, 1.82) is 0 Å². The van der Waals surface area contributed by atoms with Crippen molar-refractivity contribution in [3.63, 3.8) is 0 Å². The number of hydrogen-bond acceptors (Lipinski definition) is 7. The molecule has 2 fully saturated rings. The first-order valence-electron chi connectivity index (χ1n) is 11.8. The standard InChI is InChI=1S/C23H35N5OS/c1-16(2)24-17-6-5-9-28(14-17)22-21-18-7-3-4-8-19(18)30-23(21)26-20(25-22)15-27-10-12-29-13-11-27/h16-17,24H,3-15H2,1-2H3/t17-/m0/s1. The molecule has 6 nitrogen and oxygen atoms in total. The molecule has 0 saturated carbocycles. The van der Waals surface area contributed by atoms with Crippen LogP contribution in [0.2, 0.25) is 0 Å². The molecular weight excluding hydrogens is 394 g/mol. The van der Waals surface area contributed by atoms with Gasteiger partial charge in [-0.3, -0.25) is 4.90 Å². The number of ether oxygens (including phenoxy) is 1. The Labute approximate surface area is 184 Å². The highest BCUT2D eigenvalue weighted by molar-refractivity contribution is 7.19. The van der Waals surface area contributed by atoms with Gasteiger partial charge < -0.3 is 15.0 Å². The summed E-state index contributed by atoms with van der Waals surface area (Å²) in [6, 6.07) is 1.06. The highest BCUT2D eigenvalue weighted by atomic mass is 32.1. The molecule has 3 aliphatic rings. The topological polar surface area (TPSA) is 53.5 Å². The summed E-state index contributed by atoms with van der Waals surface area (Å²) in [5, 5.41) is 5.13. The van der Waals surface area contributed by atoms with E-state index in [4.69, 9.17) is 14.7 Å². The number of nitrogens with one attached hydrogen (secondary N) is 1. The van der Waals surface area contributed by atoms with E-state index in [1.165, 1.54) is 54.6 Å². The van der Waals surface area contributed by atoms with Gasteiger partial charge in [-0.1, -0.05) is 13.8 Å². The number of aryl methyl sites for hydroxylation is 2. The van der Waals surface area contributed by atoms with Crippen LogP contribution in [0, 0.1) is 0 Å². The number of piperidine rings is 1. The number of hydrogen-bond donors (Lipinski definition) is 1. The van der Waals surface area contributed by atoms with Crippen LogP contribution in [0.25, 0.3) is 10.2 Å². The Morgan fingerprint density at radius 1 is 1.10 bits per heavy atom. The summed E-state index contributed by atoms with van der Waals surface area (Å²) in [5.74, 6) is 2.19. The van der Waals surface area contributed by atoms with E-state index in [1.807, 2.05) is 11.3 Å². The summed E-state index contributed by atoms with van der Waals surface area (Å²) in [6.07, 6.45) is 7.49. The summed E-state index contributed by atoms with van der Waals surface area (Å²) in [5.41, 5.74) is 1.55. The quantitative estimate of drug-likeness (QED) is 0.787. The van der Waals surface area contributed by atoms with Gasteiger partial charge in [0.05, 0.1) is 25.1 Å². The van der Waals surface area contributed by atoms with E-state index >= 15 is 0 Å².